The zero-order chi connectivity index (χ0) is 11.8. The van der Waals surface area contributed by atoms with Gasteiger partial charge >= 0.3 is 0 Å². The molecule has 1 fully saturated rings. The second-order valence-corrected chi connectivity index (χ2v) is 6.01. The zero-order valence-corrected chi connectivity index (χ0v) is 11.8. The Morgan fingerprint density at radius 3 is 2.69 bits per heavy atom. The van der Waals surface area contributed by atoms with E-state index in [0.717, 1.165) is 18.5 Å². The molecule has 16 heavy (non-hydrogen) atoms. The van der Waals surface area contributed by atoms with Crippen molar-refractivity contribution in [1.82, 2.24) is 4.90 Å². The third kappa shape index (κ3) is 4.64. The minimum atomic E-state index is 0.749. The number of unbranched alkanes of at least 4 members (excludes halogenated alkanes) is 1. The van der Waals surface area contributed by atoms with E-state index < -0.39 is 0 Å². The molecule has 0 bridgehead atoms. The molecule has 0 spiro atoms. The Bertz CT molecular complexity index is 175. The highest BCUT2D eigenvalue weighted by atomic mass is 32.2. The van der Waals surface area contributed by atoms with Gasteiger partial charge < -0.3 is 10.6 Å². The number of nitrogens with zero attached hydrogens (tertiary/aromatic N) is 1. The van der Waals surface area contributed by atoms with Crippen molar-refractivity contribution in [3.8, 4) is 0 Å². The van der Waals surface area contributed by atoms with Crippen LogP contribution in [0.1, 0.15) is 38.5 Å². The smallest absolute Gasteiger partial charge is 0.0132 e. The molecule has 0 aliphatic heterocycles. The van der Waals surface area contributed by atoms with Gasteiger partial charge in [0.05, 0.1) is 0 Å². The van der Waals surface area contributed by atoms with Crippen LogP contribution in [0.2, 0.25) is 0 Å². The average Bonchev–Trinajstić information content (AvgIpc) is 2.34. The molecule has 1 aliphatic carbocycles. The van der Waals surface area contributed by atoms with Crippen molar-refractivity contribution in [3.63, 3.8) is 0 Å². The van der Waals surface area contributed by atoms with Crippen LogP contribution in [0.3, 0.4) is 0 Å². The van der Waals surface area contributed by atoms with Crippen molar-refractivity contribution in [3.05, 3.63) is 0 Å². The van der Waals surface area contributed by atoms with Crippen molar-refractivity contribution in [2.75, 3.05) is 32.1 Å². The summed E-state index contributed by atoms with van der Waals surface area (Å²) in [5.74, 6) is 2.05. The Balaban J connectivity index is 2.24. The molecule has 0 saturated heterocycles. The molecular weight excluding hydrogens is 216 g/mol. The highest BCUT2D eigenvalue weighted by Crippen LogP contribution is 2.27. The molecule has 2 N–H and O–H groups in total. The average molecular weight is 244 g/mol. The van der Waals surface area contributed by atoms with E-state index in [1.165, 1.54) is 50.8 Å². The molecule has 1 rings (SSSR count). The van der Waals surface area contributed by atoms with Gasteiger partial charge in [0, 0.05) is 6.04 Å². The summed E-state index contributed by atoms with van der Waals surface area (Å²) in [4.78, 5) is 2.57. The topological polar surface area (TPSA) is 29.3 Å². The van der Waals surface area contributed by atoms with Crippen LogP contribution < -0.4 is 5.73 Å². The summed E-state index contributed by atoms with van der Waals surface area (Å²) >= 11 is 1.96. The maximum Gasteiger partial charge on any atom is 0.0132 e. The van der Waals surface area contributed by atoms with Gasteiger partial charge in [0.1, 0.15) is 0 Å². The summed E-state index contributed by atoms with van der Waals surface area (Å²) in [5, 5.41) is 0. The van der Waals surface area contributed by atoms with Gasteiger partial charge in [-0.2, -0.15) is 11.8 Å². The van der Waals surface area contributed by atoms with Crippen molar-refractivity contribution in [2.24, 2.45) is 11.7 Å². The molecular formula is C13H28N2S. The van der Waals surface area contributed by atoms with Gasteiger partial charge in [0.2, 0.25) is 0 Å². The Kier molecular flexibility index (Phi) is 7.50. The predicted octanol–water partition coefficient (Wildman–Crippen LogP) is 2.58. The molecule has 0 aromatic rings. The molecule has 0 amide bonds. The third-order valence-corrected chi connectivity index (χ3v) is 4.54. The van der Waals surface area contributed by atoms with Crippen LogP contribution in [0.5, 0.6) is 0 Å². The highest BCUT2D eigenvalue weighted by molar-refractivity contribution is 7.98. The first kappa shape index (κ1) is 14.3. The zero-order valence-electron chi connectivity index (χ0n) is 11.0. The van der Waals surface area contributed by atoms with E-state index in [9.17, 15) is 0 Å². The van der Waals surface area contributed by atoms with Crippen LogP contribution in [-0.2, 0) is 0 Å². The molecule has 0 aromatic carbocycles. The lowest BCUT2D eigenvalue weighted by atomic mass is 9.83. The number of thioether (sulfide) groups is 1. The van der Waals surface area contributed by atoms with E-state index in [2.05, 4.69) is 18.2 Å². The standard InChI is InChI=1S/C13H28N2S/c1-15(9-5-6-10-16-2)13-8-4-3-7-12(13)11-14/h12-13H,3-11,14H2,1-2H3. The lowest BCUT2D eigenvalue weighted by Gasteiger charge is -2.37. The second-order valence-electron chi connectivity index (χ2n) is 5.03. The first-order chi connectivity index (χ1) is 7.79. The summed E-state index contributed by atoms with van der Waals surface area (Å²) in [6.07, 6.45) is 10.4. The molecule has 3 heteroatoms. The molecule has 1 aliphatic rings. The highest BCUT2D eigenvalue weighted by Gasteiger charge is 2.26. The van der Waals surface area contributed by atoms with E-state index in [1.807, 2.05) is 11.8 Å². The summed E-state index contributed by atoms with van der Waals surface area (Å²) in [6.45, 7) is 2.13. The SMILES string of the molecule is CSCCCCN(C)C1CCCCC1CN. The maximum atomic E-state index is 5.88. The van der Waals surface area contributed by atoms with Gasteiger partial charge in [-0.25, -0.2) is 0 Å². The van der Waals surface area contributed by atoms with Gasteiger partial charge in [-0.15, -0.1) is 0 Å². The summed E-state index contributed by atoms with van der Waals surface area (Å²) in [5.41, 5.74) is 5.88. The number of rotatable bonds is 7. The van der Waals surface area contributed by atoms with Crippen LogP contribution in [-0.4, -0.2) is 43.1 Å². The fraction of sp³-hybridized carbons (Fsp3) is 1.00. The van der Waals surface area contributed by atoms with Crippen molar-refractivity contribution in [2.45, 2.75) is 44.6 Å². The number of nitrogens with two attached hydrogens (primary N) is 1. The first-order valence-corrected chi connectivity index (χ1v) is 8.08. The second kappa shape index (κ2) is 8.37. The lowest BCUT2D eigenvalue weighted by molar-refractivity contribution is 0.132. The summed E-state index contributed by atoms with van der Waals surface area (Å²) in [7, 11) is 2.29. The van der Waals surface area contributed by atoms with Gasteiger partial charge in [-0.1, -0.05) is 12.8 Å². The van der Waals surface area contributed by atoms with E-state index in [0.29, 0.717) is 0 Å². The molecule has 96 valence electrons. The van der Waals surface area contributed by atoms with Gasteiger partial charge in [0.25, 0.3) is 0 Å². The van der Waals surface area contributed by atoms with E-state index >= 15 is 0 Å². The van der Waals surface area contributed by atoms with Gasteiger partial charge in [-0.3, -0.25) is 0 Å². The van der Waals surface area contributed by atoms with E-state index in [1.54, 1.807) is 0 Å². The molecule has 0 heterocycles. The molecule has 1 saturated carbocycles. The van der Waals surface area contributed by atoms with Crippen LogP contribution in [0.25, 0.3) is 0 Å². The molecule has 2 unspecified atom stereocenters. The van der Waals surface area contributed by atoms with E-state index in [-0.39, 0.29) is 0 Å². The Morgan fingerprint density at radius 2 is 2.00 bits per heavy atom. The van der Waals surface area contributed by atoms with Crippen LogP contribution in [0, 0.1) is 5.92 Å². The first-order valence-electron chi connectivity index (χ1n) is 6.68. The molecule has 0 aromatic heterocycles. The molecule has 2 atom stereocenters. The van der Waals surface area contributed by atoms with E-state index in [4.69, 9.17) is 5.73 Å². The monoisotopic (exact) mass is 244 g/mol. The Hall–Kier alpha value is 0.270. The van der Waals surface area contributed by atoms with Crippen LogP contribution in [0.15, 0.2) is 0 Å². The number of hydrogen-bond acceptors (Lipinski definition) is 3. The largest absolute Gasteiger partial charge is 0.330 e. The quantitative estimate of drug-likeness (QED) is 0.698. The van der Waals surface area contributed by atoms with Crippen LogP contribution in [0.4, 0.5) is 0 Å². The van der Waals surface area contributed by atoms with Crippen LogP contribution >= 0.6 is 11.8 Å². The lowest BCUT2D eigenvalue weighted by Crippen LogP contribution is -2.43. The number of hydrogen-bond donors (Lipinski definition) is 1. The summed E-state index contributed by atoms with van der Waals surface area (Å²) < 4.78 is 0. The normalized spacial score (nSPS) is 26.2. The fourth-order valence-electron chi connectivity index (χ4n) is 2.82. The minimum absolute atomic E-state index is 0.749. The maximum absolute atomic E-state index is 5.88. The predicted molar refractivity (Wildman–Crippen MR) is 75.0 cm³/mol. The van der Waals surface area contributed by atoms with Crippen molar-refractivity contribution >= 4 is 11.8 Å². The van der Waals surface area contributed by atoms with Crippen molar-refractivity contribution in [1.29, 1.82) is 0 Å². The third-order valence-electron chi connectivity index (χ3n) is 3.85. The Morgan fingerprint density at radius 1 is 1.25 bits per heavy atom. The molecule has 2 nitrogen and oxygen atoms in total. The van der Waals surface area contributed by atoms with Gasteiger partial charge in [0.15, 0.2) is 0 Å². The molecule has 0 radical (unpaired) electrons. The fourth-order valence-corrected chi connectivity index (χ4v) is 3.31. The summed E-state index contributed by atoms with van der Waals surface area (Å²) in [6, 6.07) is 0.757. The minimum Gasteiger partial charge on any atom is -0.330 e. The van der Waals surface area contributed by atoms with Crippen molar-refractivity contribution < 1.29 is 0 Å². The van der Waals surface area contributed by atoms with Gasteiger partial charge in [-0.05, 0) is 63.7 Å². The Labute approximate surface area is 105 Å².